The Morgan fingerprint density at radius 1 is 1.29 bits per heavy atom. The number of alkyl halides is 3. The molecule has 1 amide bonds. The van der Waals surface area contributed by atoms with Crippen LogP contribution in [0.15, 0.2) is 11.2 Å². The van der Waals surface area contributed by atoms with Crippen molar-refractivity contribution in [1.82, 2.24) is 25.3 Å². The molecular formula is C17H26F3IN6O. The number of hydrogen-bond donors (Lipinski definition) is 2. The maximum atomic E-state index is 13.0. The average molecular weight is 514 g/mol. The number of amides is 1. The molecule has 2 fully saturated rings. The molecule has 0 radical (unpaired) electrons. The first kappa shape index (κ1) is 22.8. The van der Waals surface area contributed by atoms with E-state index in [9.17, 15) is 18.0 Å². The van der Waals surface area contributed by atoms with Crippen LogP contribution >= 0.6 is 24.0 Å². The molecule has 1 aromatic heterocycles. The minimum absolute atomic E-state index is 0. The maximum Gasteiger partial charge on any atom is 0.435 e. The number of guanidine groups is 1. The first-order valence-corrected chi connectivity index (χ1v) is 9.13. The minimum atomic E-state index is -4.49. The van der Waals surface area contributed by atoms with E-state index in [-0.39, 0.29) is 54.0 Å². The van der Waals surface area contributed by atoms with Gasteiger partial charge in [-0.15, -0.1) is 24.0 Å². The maximum absolute atomic E-state index is 13.0. The lowest BCUT2D eigenvalue weighted by Crippen LogP contribution is -2.49. The fourth-order valence-electron chi connectivity index (χ4n) is 3.31. The van der Waals surface area contributed by atoms with Crippen LogP contribution in [0, 0.1) is 5.92 Å². The van der Waals surface area contributed by atoms with E-state index in [2.05, 4.69) is 20.7 Å². The number of aryl methyl sites for hydroxylation is 1. The Morgan fingerprint density at radius 2 is 1.93 bits per heavy atom. The van der Waals surface area contributed by atoms with Crippen molar-refractivity contribution in [2.75, 3.05) is 20.1 Å². The van der Waals surface area contributed by atoms with Gasteiger partial charge in [-0.25, -0.2) is 0 Å². The molecule has 1 aliphatic heterocycles. The van der Waals surface area contributed by atoms with E-state index in [0.29, 0.717) is 19.0 Å². The average Bonchev–Trinajstić information content (AvgIpc) is 3.40. The van der Waals surface area contributed by atoms with Crippen LogP contribution in [-0.4, -0.2) is 52.7 Å². The van der Waals surface area contributed by atoms with E-state index in [4.69, 9.17) is 0 Å². The fraction of sp³-hybridized carbons (Fsp3) is 0.706. The Balaban J connectivity index is 0.00000280. The third kappa shape index (κ3) is 5.74. The Morgan fingerprint density at radius 3 is 2.46 bits per heavy atom. The van der Waals surface area contributed by atoms with Gasteiger partial charge < -0.3 is 15.5 Å². The number of hydrogen-bond acceptors (Lipinski definition) is 3. The van der Waals surface area contributed by atoms with Gasteiger partial charge in [-0.2, -0.15) is 18.3 Å². The fourth-order valence-corrected chi connectivity index (χ4v) is 3.31. The third-order valence-corrected chi connectivity index (χ3v) is 4.92. The van der Waals surface area contributed by atoms with Crippen molar-refractivity contribution < 1.29 is 18.0 Å². The van der Waals surface area contributed by atoms with Gasteiger partial charge in [0.05, 0.1) is 0 Å². The highest BCUT2D eigenvalue weighted by molar-refractivity contribution is 14.0. The number of piperidine rings is 1. The van der Waals surface area contributed by atoms with Gasteiger partial charge in [-0.3, -0.25) is 14.5 Å². The summed E-state index contributed by atoms with van der Waals surface area (Å²) < 4.78 is 40.2. The van der Waals surface area contributed by atoms with Crippen molar-refractivity contribution >= 4 is 35.8 Å². The van der Waals surface area contributed by atoms with Crippen LogP contribution in [0.1, 0.15) is 36.9 Å². The topological polar surface area (TPSA) is 74.6 Å². The van der Waals surface area contributed by atoms with E-state index in [1.807, 2.05) is 4.90 Å². The lowest BCUT2D eigenvalue weighted by Gasteiger charge is -2.33. The molecule has 0 unspecified atom stereocenters. The number of carbonyl (C=O) groups is 1. The van der Waals surface area contributed by atoms with Crippen LogP contribution in [0.25, 0.3) is 0 Å². The van der Waals surface area contributed by atoms with Gasteiger partial charge in [0.25, 0.3) is 0 Å². The SMILES string of the molecule is CN=C(NCc1cn(C)nc1C(F)(F)F)NC1CCN(C(=O)C2CC2)CC1.I. The summed E-state index contributed by atoms with van der Waals surface area (Å²) in [5, 5.41) is 9.66. The smallest absolute Gasteiger partial charge is 0.354 e. The van der Waals surface area contributed by atoms with E-state index >= 15 is 0 Å². The molecular weight excluding hydrogens is 488 g/mol. The van der Waals surface area contributed by atoms with Gasteiger partial charge in [-0.1, -0.05) is 0 Å². The summed E-state index contributed by atoms with van der Waals surface area (Å²) >= 11 is 0. The van der Waals surface area contributed by atoms with Crippen molar-refractivity contribution in [2.45, 2.75) is 44.4 Å². The summed E-state index contributed by atoms with van der Waals surface area (Å²) in [6.45, 7) is 1.37. The first-order chi connectivity index (χ1) is 12.8. The monoisotopic (exact) mass is 514 g/mol. The second kappa shape index (κ2) is 9.31. The largest absolute Gasteiger partial charge is 0.435 e. The van der Waals surface area contributed by atoms with Gasteiger partial charge >= 0.3 is 6.18 Å². The van der Waals surface area contributed by atoms with Gasteiger partial charge in [0.2, 0.25) is 5.91 Å². The number of nitrogens with zero attached hydrogens (tertiary/aromatic N) is 4. The van der Waals surface area contributed by atoms with Gasteiger partial charge in [-0.05, 0) is 25.7 Å². The van der Waals surface area contributed by atoms with E-state index in [0.717, 1.165) is 30.4 Å². The zero-order valence-corrected chi connectivity index (χ0v) is 18.3. The zero-order valence-electron chi connectivity index (χ0n) is 15.9. The van der Waals surface area contributed by atoms with Crippen LogP contribution in [0.2, 0.25) is 0 Å². The standard InChI is InChI=1S/C17H25F3N6O.HI/c1-21-16(22-9-12-10-25(2)24-14(12)17(18,19)20)23-13-5-7-26(8-6-13)15(27)11-3-4-11;/h10-11,13H,3-9H2,1-2H3,(H2,21,22,23);1H. The summed E-state index contributed by atoms with van der Waals surface area (Å²) in [7, 11) is 3.04. The Bertz CT molecular complexity index is 708. The summed E-state index contributed by atoms with van der Waals surface area (Å²) in [5.74, 6) is 0.928. The van der Waals surface area contributed by atoms with Crippen molar-refractivity contribution in [3.63, 3.8) is 0 Å². The van der Waals surface area contributed by atoms with Gasteiger partial charge in [0.15, 0.2) is 11.7 Å². The van der Waals surface area contributed by atoms with Crippen LogP contribution in [0.5, 0.6) is 0 Å². The van der Waals surface area contributed by atoms with Gasteiger partial charge in [0.1, 0.15) is 0 Å². The normalized spacial score (nSPS) is 18.6. The van der Waals surface area contributed by atoms with Crippen LogP contribution < -0.4 is 10.6 Å². The van der Waals surface area contributed by atoms with Crippen LogP contribution in [-0.2, 0) is 24.6 Å². The second-order valence-corrected chi connectivity index (χ2v) is 7.12. The zero-order chi connectivity index (χ0) is 19.6. The number of halogens is 4. The van der Waals surface area contributed by atoms with Crippen molar-refractivity contribution in [1.29, 1.82) is 0 Å². The highest BCUT2D eigenvalue weighted by Gasteiger charge is 2.37. The number of likely N-dealkylation sites (tertiary alicyclic amines) is 1. The molecule has 2 heterocycles. The summed E-state index contributed by atoms with van der Waals surface area (Å²) in [4.78, 5) is 18.1. The molecule has 158 valence electrons. The van der Waals surface area contributed by atoms with Gasteiger partial charge in [0, 0.05) is 57.4 Å². The molecule has 1 aliphatic carbocycles. The predicted molar refractivity (Wildman–Crippen MR) is 109 cm³/mol. The number of aliphatic imine (C=N–C) groups is 1. The highest BCUT2D eigenvalue weighted by atomic mass is 127. The minimum Gasteiger partial charge on any atom is -0.354 e. The Hall–Kier alpha value is -1.53. The molecule has 28 heavy (non-hydrogen) atoms. The Kier molecular flexibility index (Phi) is 7.57. The first-order valence-electron chi connectivity index (χ1n) is 9.13. The highest BCUT2D eigenvalue weighted by Crippen LogP contribution is 2.32. The summed E-state index contributed by atoms with van der Waals surface area (Å²) in [5.41, 5.74) is -0.822. The number of carbonyl (C=O) groups excluding carboxylic acids is 1. The molecule has 7 nitrogen and oxygen atoms in total. The summed E-state index contributed by atoms with van der Waals surface area (Å²) in [6, 6.07) is 0.135. The molecule has 3 rings (SSSR count). The molecule has 1 saturated carbocycles. The quantitative estimate of drug-likeness (QED) is 0.367. The van der Waals surface area contributed by atoms with Crippen molar-refractivity contribution in [2.24, 2.45) is 18.0 Å². The molecule has 1 saturated heterocycles. The molecule has 0 spiro atoms. The van der Waals surface area contributed by atoms with E-state index in [1.165, 1.54) is 13.2 Å². The number of aromatic nitrogens is 2. The van der Waals surface area contributed by atoms with Crippen LogP contribution in [0.4, 0.5) is 13.2 Å². The van der Waals surface area contributed by atoms with E-state index < -0.39 is 11.9 Å². The number of nitrogens with one attached hydrogen (secondary N) is 2. The molecule has 0 aromatic carbocycles. The Labute approximate surface area is 179 Å². The molecule has 0 bridgehead atoms. The molecule has 11 heteroatoms. The molecule has 2 aliphatic rings. The number of rotatable bonds is 4. The lowest BCUT2D eigenvalue weighted by molar-refractivity contribution is -0.142. The molecule has 1 aromatic rings. The van der Waals surface area contributed by atoms with Crippen LogP contribution in [0.3, 0.4) is 0 Å². The predicted octanol–water partition coefficient (Wildman–Crippen LogP) is 2.12. The second-order valence-electron chi connectivity index (χ2n) is 7.12. The molecule has 2 N–H and O–H groups in total. The molecule has 0 atom stereocenters. The van der Waals surface area contributed by atoms with Crippen molar-refractivity contribution in [3.05, 3.63) is 17.5 Å². The van der Waals surface area contributed by atoms with E-state index in [1.54, 1.807) is 7.05 Å². The third-order valence-electron chi connectivity index (χ3n) is 4.92. The van der Waals surface area contributed by atoms with Crippen molar-refractivity contribution in [3.8, 4) is 0 Å². The summed E-state index contributed by atoms with van der Waals surface area (Å²) in [6.07, 6.45) is 0.449. The lowest BCUT2D eigenvalue weighted by atomic mass is 10.0.